The zero-order valence-corrected chi connectivity index (χ0v) is 11.6. The highest BCUT2D eigenvalue weighted by Crippen LogP contribution is 2.11. The van der Waals surface area contributed by atoms with E-state index in [1.165, 1.54) is 6.33 Å². The Morgan fingerprint density at radius 1 is 1.45 bits per heavy atom. The molecule has 5 heteroatoms. The minimum absolute atomic E-state index is 0.00730. The molecular formula is C15H16N4O. The van der Waals surface area contributed by atoms with Gasteiger partial charge in [0.15, 0.2) is 11.6 Å². The first-order valence-electron chi connectivity index (χ1n) is 6.26. The zero-order chi connectivity index (χ0) is 14.5. The van der Waals surface area contributed by atoms with Crippen LogP contribution in [0.2, 0.25) is 0 Å². The van der Waals surface area contributed by atoms with Crippen LogP contribution in [-0.2, 0) is 0 Å². The number of carbonyl (C=O) groups is 1. The van der Waals surface area contributed by atoms with Gasteiger partial charge in [0.1, 0.15) is 12.0 Å². The number of hydrogen-bond acceptors (Lipinski definition) is 4. The molecule has 102 valence electrons. The lowest BCUT2D eigenvalue weighted by atomic mass is 10.1. The van der Waals surface area contributed by atoms with Gasteiger partial charge in [0.05, 0.1) is 0 Å². The minimum Gasteiger partial charge on any atom is -0.292 e. The topological polar surface area (TPSA) is 60.7 Å². The summed E-state index contributed by atoms with van der Waals surface area (Å²) in [7, 11) is 0. The first kappa shape index (κ1) is 13.9. The van der Waals surface area contributed by atoms with Gasteiger partial charge in [-0.05, 0) is 32.1 Å². The van der Waals surface area contributed by atoms with Crippen molar-refractivity contribution >= 4 is 18.1 Å². The van der Waals surface area contributed by atoms with E-state index >= 15 is 0 Å². The van der Waals surface area contributed by atoms with E-state index in [1.807, 2.05) is 32.1 Å². The summed E-state index contributed by atoms with van der Waals surface area (Å²) in [6.07, 6.45) is 5.14. The zero-order valence-electron chi connectivity index (χ0n) is 11.6. The van der Waals surface area contributed by atoms with E-state index in [0.717, 1.165) is 11.3 Å². The van der Waals surface area contributed by atoms with Crippen molar-refractivity contribution < 1.29 is 4.79 Å². The number of ketones is 1. The highest BCUT2D eigenvalue weighted by molar-refractivity contribution is 5.96. The van der Waals surface area contributed by atoms with Gasteiger partial charge in [0, 0.05) is 18.3 Å². The van der Waals surface area contributed by atoms with Gasteiger partial charge in [0.25, 0.3) is 0 Å². The molecule has 0 N–H and O–H groups in total. The highest BCUT2D eigenvalue weighted by atomic mass is 16.1. The van der Waals surface area contributed by atoms with E-state index in [1.54, 1.807) is 16.9 Å². The molecule has 0 radical (unpaired) electrons. The van der Waals surface area contributed by atoms with Crippen molar-refractivity contribution in [2.45, 2.75) is 20.3 Å². The van der Waals surface area contributed by atoms with Gasteiger partial charge in [-0.2, -0.15) is 5.10 Å². The third-order valence-corrected chi connectivity index (χ3v) is 2.76. The van der Waals surface area contributed by atoms with Crippen molar-refractivity contribution in [2.75, 3.05) is 0 Å². The maximum atomic E-state index is 12.1. The van der Waals surface area contributed by atoms with E-state index in [-0.39, 0.29) is 5.78 Å². The molecule has 0 saturated carbocycles. The van der Waals surface area contributed by atoms with Crippen LogP contribution in [0.5, 0.6) is 0 Å². The molecule has 0 aromatic carbocycles. The number of rotatable bonds is 5. The van der Waals surface area contributed by atoms with Crippen LogP contribution in [0.25, 0.3) is 12.3 Å². The largest absolute Gasteiger partial charge is 0.292 e. The second kappa shape index (κ2) is 6.06. The molecule has 0 aliphatic rings. The fourth-order valence-electron chi connectivity index (χ4n) is 1.82. The maximum Gasteiger partial charge on any atom is 0.185 e. The third-order valence-electron chi connectivity index (χ3n) is 2.76. The quantitative estimate of drug-likeness (QED) is 0.782. The van der Waals surface area contributed by atoms with Gasteiger partial charge in [-0.1, -0.05) is 18.2 Å². The molecule has 20 heavy (non-hydrogen) atoms. The minimum atomic E-state index is -0.00730. The van der Waals surface area contributed by atoms with Crippen molar-refractivity contribution in [2.24, 2.45) is 0 Å². The Labute approximate surface area is 117 Å². The lowest BCUT2D eigenvalue weighted by Crippen LogP contribution is -2.03. The van der Waals surface area contributed by atoms with Crippen LogP contribution in [0.3, 0.4) is 0 Å². The lowest BCUT2D eigenvalue weighted by Gasteiger charge is -2.02. The van der Waals surface area contributed by atoms with Crippen molar-refractivity contribution in [3.8, 4) is 0 Å². The fourth-order valence-corrected chi connectivity index (χ4v) is 1.82. The average Bonchev–Trinajstić information content (AvgIpc) is 2.85. The van der Waals surface area contributed by atoms with Crippen molar-refractivity contribution in [1.82, 2.24) is 19.7 Å². The number of pyridine rings is 1. The van der Waals surface area contributed by atoms with Gasteiger partial charge in [-0.3, -0.25) is 9.78 Å². The molecule has 0 aliphatic heterocycles. The van der Waals surface area contributed by atoms with Crippen LogP contribution in [0, 0.1) is 6.92 Å². The molecule has 5 nitrogen and oxygen atoms in total. The Morgan fingerprint density at radius 3 is 2.95 bits per heavy atom. The molecule has 0 aliphatic carbocycles. The number of allylic oxidation sites excluding steroid dienone is 1. The van der Waals surface area contributed by atoms with Crippen molar-refractivity contribution in [3.05, 3.63) is 53.9 Å². The summed E-state index contributed by atoms with van der Waals surface area (Å²) < 4.78 is 1.55. The summed E-state index contributed by atoms with van der Waals surface area (Å²) in [5.41, 5.74) is 2.22. The van der Waals surface area contributed by atoms with Crippen LogP contribution >= 0.6 is 0 Å². The van der Waals surface area contributed by atoms with Crippen LogP contribution in [-0.4, -0.2) is 25.5 Å². The number of nitrogens with zero attached hydrogens (tertiary/aromatic N) is 4. The molecule has 0 amide bonds. The first-order chi connectivity index (χ1) is 9.60. The molecule has 2 aromatic rings. The van der Waals surface area contributed by atoms with Gasteiger partial charge >= 0.3 is 0 Å². The molecule has 0 bridgehead atoms. The molecule has 2 aromatic heterocycles. The Morgan fingerprint density at radius 2 is 2.25 bits per heavy atom. The lowest BCUT2D eigenvalue weighted by molar-refractivity contribution is 0.0988. The Kier molecular flexibility index (Phi) is 4.20. The summed E-state index contributed by atoms with van der Waals surface area (Å²) in [4.78, 5) is 20.5. The molecule has 2 heterocycles. The Hall–Kier alpha value is -2.56. The van der Waals surface area contributed by atoms with E-state index in [2.05, 4.69) is 21.6 Å². The van der Waals surface area contributed by atoms with Gasteiger partial charge < -0.3 is 0 Å². The van der Waals surface area contributed by atoms with Crippen LogP contribution < -0.4 is 0 Å². The van der Waals surface area contributed by atoms with Crippen LogP contribution in [0.15, 0.2) is 36.7 Å². The summed E-state index contributed by atoms with van der Waals surface area (Å²) in [6.45, 7) is 7.40. The van der Waals surface area contributed by atoms with Crippen LogP contribution in [0.4, 0.5) is 0 Å². The normalized spacial score (nSPS) is 11.4. The highest BCUT2D eigenvalue weighted by Gasteiger charge is 2.09. The molecule has 0 atom stereocenters. The summed E-state index contributed by atoms with van der Waals surface area (Å²) in [5, 5.41) is 3.98. The number of Topliss-reactive ketones (excluding diaryl/α,β-unsaturated/α-hetero) is 1. The van der Waals surface area contributed by atoms with E-state index in [4.69, 9.17) is 0 Å². The van der Waals surface area contributed by atoms with Gasteiger partial charge in [-0.15, -0.1) is 0 Å². The number of aromatic nitrogens is 4. The molecule has 0 saturated heterocycles. The van der Waals surface area contributed by atoms with Crippen LogP contribution in [0.1, 0.15) is 35.4 Å². The van der Waals surface area contributed by atoms with E-state index in [9.17, 15) is 4.79 Å². The van der Waals surface area contributed by atoms with E-state index < -0.39 is 0 Å². The number of aryl methyl sites for hydroxylation is 1. The van der Waals surface area contributed by atoms with Gasteiger partial charge in [-0.25, -0.2) is 9.67 Å². The second-order valence-electron chi connectivity index (χ2n) is 4.50. The Bertz CT molecular complexity index is 670. The Balaban J connectivity index is 2.13. The van der Waals surface area contributed by atoms with Gasteiger partial charge in [0.2, 0.25) is 0 Å². The van der Waals surface area contributed by atoms with E-state index in [0.29, 0.717) is 17.9 Å². The summed E-state index contributed by atoms with van der Waals surface area (Å²) >= 11 is 0. The number of carbonyl (C=O) groups excluding carboxylic acids is 1. The molecule has 0 fully saturated rings. The molecular weight excluding hydrogens is 252 g/mol. The molecule has 0 spiro atoms. The SMILES string of the molecule is C=Cn1ncnc1/C=C(\C)CC(=O)c1cccc(C)n1. The smallest absolute Gasteiger partial charge is 0.185 e. The average molecular weight is 268 g/mol. The first-order valence-corrected chi connectivity index (χ1v) is 6.26. The standard InChI is InChI=1S/C15H16N4O/c1-4-19-15(16-10-17-19)9-11(2)8-14(20)13-7-5-6-12(3)18-13/h4-7,9-10H,1,8H2,2-3H3/b11-9+. The monoisotopic (exact) mass is 268 g/mol. The predicted octanol–water partition coefficient (Wildman–Crippen LogP) is 2.76. The second-order valence-corrected chi connectivity index (χ2v) is 4.50. The summed E-state index contributed by atoms with van der Waals surface area (Å²) in [5.74, 6) is 0.648. The molecule has 0 unspecified atom stereocenters. The fraction of sp³-hybridized carbons (Fsp3) is 0.200. The third kappa shape index (κ3) is 3.26. The maximum absolute atomic E-state index is 12.1. The predicted molar refractivity (Wildman–Crippen MR) is 78.0 cm³/mol. The van der Waals surface area contributed by atoms with Crippen molar-refractivity contribution in [1.29, 1.82) is 0 Å². The number of hydrogen-bond donors (Lipinski definition) is 0. The summed E-state index contributed by atoms with van der Waals surface area (Å²) in [6, 6.07) is 5.43. The van der Waals surface area contributed by atoms with Crippen molar-refractivity contribution in [3.63, 3.8) is 0 Å². The molecule has 2 rings (SSSR count).